The summed E-state index contributed by atoms with van der Waals surface area (Å²) in [5, 5.41) is 4.34. The van der Waals surface area contributed by atoms with E-state index in [1.54, 1.807) is 46.1 Å². The first-order valence-corrected chi connectivity index (χ1v) is 20.7. The molecule has 56 heavy (non-hydrogen) atoms. The summed E-state index contributed by atoms with van der Waals surface area (Å²) in [7, 11) is -3.96. The number of sulfonamides is 1. The van der Waals surface area contributed by atoms with E-state index in [1.807, 2.05) is 9.62 Å². The maximum absolute atomic E-state index is 14.7. The Kier molecular flexibility index (Phi) is 10.4. The van der Waals surface area contributed by atoms with Crippen LogP contribution in [0.3, 0.4) is 0 Å². The lowest BCUT2D eigenvalue weighted by Crippen LogP contribution is -2.61. The van der Waals surface area contributed by atoms with Gasteiger partial charge in [0.05, 0.1) is 43.2 Å². The molecule has 3 heterocycles. The highest BCUT2D eigenvalue weighted by atomic mass is 32.2. The number of hydrogen-bond acceptors (Lipinski definition) is 7. The number of allylic oxidation sites excluding steroid dienone is 1. The number of likely N-dealkylation sites (tertiary alicyclic amines) is 2. The molecular weight excluding hydrogens is 758 g/mol. The summed E-state index contributed by atoms with van der Waals surface area (Å²) >= 11 is 0. The minimum atomic E-state index is -3.96. The van der Waals surface area contributed by atoms with Gasteiger partial charge < -0.3 is 14.5 Å². The van der Waals surface area contributed by atoms with E-state index in [2.05, 4.69) is 11.7 Å². The zero-order chi connectivity index (χ0) is 40.3. The van der Waals surface area contributed by atoms with Crippen molar-refractivity contribution in [3.8, 4) is 0 Å². The van der Waals surface area contributed by atoms with E-state index in [9.17, 15) is 40.0 Å². The van der Waals surface area contributed by atoms with Crippen LogP contribution in [-0.2, 0) is 27.9 Å². The number of rotatable bonds is 13. The molecule has 3 aromatic rings. The lowest BCUT2D eigenvalue weighted by Gasteiger charge is -2.54. The van der Waals surface area contributed by atoms with Crippen molar-refractivity contribution in [3.63, 3.8) is 0 Å². The molecule has 2 amide bonds. The molecule has 0 unspecified atom stereocenters. The van der Waals surface area contributed by atoms with Crippen LogP contribution in [0.5, 0.6) is 0 Å². The minimum Gasteiger partial charge on any atom is -0.376 e. The van der Waals surface area contributed by atoms with Gasteiger partial charge in [-0.05, 0) is 60.4 Å². The van der Waals surface area contributed by atoms with E-state index in [4.69, 9.17) is 4.74 Å². The Hall–Kier alpha value is -4.31. The Bertz CT molecular complexity index is 2100. The second-order valence-electron chi connectivity index (χ2n) is 16.3. The van der Waals surface area contributed by atoms with Crippen molar-refractivity contribution in [2.75, 3.05) is 39.0 Å². The van der Waals surface area contributed by atoms with Crippen LogP contribution in [0.4, 0.5) is 22.0 Å². The number of amides is 2. The molecular formula is C40H46F5N5O5S. The number of ether oxygens (including phenoxy) is 1. The summed E-state index contributed by atoms with van der Waals surface area (Å²) in [5.74, 6) is -7.87. The first kappa shape index (κ1) is 39.9. The van der Waals surface area contributed by atoms with Crippen LogP contribution in [0.2, 0.25) is 0 Å². The predicted octanol–water partition coefficient (Wildman–Crippen LogP) is 6.59. The molecule has 7 rings (SSSR count). The number of nitrogens with one attached hydrogen (secondary N) is 1. The van der Waals surface area contributed by atoms with Gasteiger partial charge in [-0.15, -0.1) is 0 Å². The molecule has 2 saturated carbocycles. The van der Waals surface area contributed by atoms with Crippen molar-refractivity contribution >= 4 is 21.8 Å². The summed E-state index contributed by atoms with van der Waals surface area (Å²) in [5.41, 5.74) is 0.681. The first-order chi connectivity index (χ1) is 26.3. The van der Waals surface area contributed by atoms with Gasteiger partial charge in [-0.2, -0.15) is 5.10 Å². The van der Waals surface area contributed by atoms with Gasteiger partial charge in [-0.3, -0.25) is 14.3 Å². The largest absolute Gasteiger partial charge is 0.376 e. The summed E-state index contributed by atoms with van der Waals surface area (Å²) in [6.45, 7) is 6.73. The lowest BCUT2D eigenvalue weighted by molar-refractivity contribution is -0.0787. The van der Waals surface area contributed by atoms with Crippen molar-refractivity contribution in [2.45, 2.75) is 76.4 Å². The second-order valence-corrected chi connectivity index (χ2v) is 18.0. The van der Waals surface area contributed by atoms with E-state index >= 15 is 0 Å². The average Bonchev–Trinajstić information content (AvgIpc) is 3.67. The fourth-order valence-electron chi connectivity index (χ4n) is 8.85. The van der Waals surface area contributed by atoms with Crippen LogP contribution in [0.1, 0.15) is 88.8 Å². The van der Waals surface area contributed by atoms with E-state index in [0.29, 0.717) is 61.4 Å². The van der Waals surface area contributed by atoms with Gasteiger partial charge in [0.25, 0.3) is 17.7 Å². The van der Waals surface area contributed by atoms with Gasteiger partial charge in [0.2, 0.25) is 15.9 Å². The molecule has 10 nitrogen and oxygen atoms in total. The van der Waals surface area contributed by atoms with Crippen LogP contribution in [0.15, 0.2) is 67.1 Å². The van der Waals surface area contributed by atoms with Crippen molar-refractivity contribution in [2.24, 2.45) is 16.7 Å². The maximum atomic E-state index is 14.7. The Balaban J connectivity index is 1.09. The number of carbonyl (C=O) groups excluding carboxylic acids is 2. The van der Waals surface area contributed by atoms with Gasteiger partial charge in [0.1, 0.15) is 5.82 Å². The zero-order valence-corrected chi connectivity index (χ0v) is 32.2. The van der Waals surface area contributed by atoms with Crippen LogP contribution >= 0.6 is 0 Å². The van der Waals surface area contributed by atoms with Crippen molar-refractivity contribution in [3.05, 3.63) is 101 Å². The number of alkyl halides is 4. The van der Waals surface area contributed by atoms with Crippen LogP contribution < -0.4 is 4.72 Å². The third-order valence-corrected chi connectivity index (χ3v) is 12.8. The van der Waals surface area contributed by atoms with Gasteiger partial charge in [-0.25, -0.2) is 35.1 Å². The summed E-state index contributed by atoms with van der Waals surface area (Å²) < 4.78 is 105. The normalized spacial score (nSPS) is 21.5. The molecule has 1 aromatic heterocycles. The highest BCUT2D eigenvalue weighted by Crippen LogP contribution is 2.63. The molecule has 1 N–H and O–H groups in total. The monoisotopic (exact) mass is 803 g/mol. The third kappa shape index (κ3) is 8.09. The number of aromatic nitrogens is 2. The quantitative estimate of drug-likeness (QED) is 0.194. The molecule has 1 atom stereocenters. The maximum Gasteiger partial charge on any atom is 0.265 e. The third-order valence-electron chi connectivity index (χ3n) is 12.2. The number of halogens is 5. The molecule has 4 fully saturated rings. The first-order valence-electron chi connectivity index (χ1n) is 18.8. The Morgan fingerprint density at radius 3 is 2.30 bits per heavy atom. The molecule has 2 aliphatic carbocycles. The molecule has 0 radical (unpaired) electrons. The molecule has 0 bridgehead atoms. The number of carbonyl (C=O) groups is 2. The molecule has 2 aliphatic heterocycles. The fourth-order valence-corrected chi connectivity index (χ4v) is 9.29. The summed E-state index contributed by atoms with van der Waals surface area (Å²) in [6.07, 6.45) is 4.20. The topological polar surface area (TPSA) is 114 Å². The smallest absolute Gasteiger partial charge is 0.265 e. The number of benzene rings is 2. The van der Waals surface area contributed by atoms with Crippen LogP contribution in [0.25, 0.3) is 0 Å². The molecule has 1 spiro atoms. The minimum absolute atomic E-state index is 0.0741. The van der Waals surface area contributed by atoms with E-state index in [1.165, 1.54) is 18.3 Å². The molecule has 2 saturated heterocycles. The van der Waals surface area contributed by atoms with E-state index in [-0.39, 0.29) is 74.6 Å². The van der Waals surface area contributed by atoms with E-state index < -0.39 is 38.6 Å². The van der Waals surface area contributed by atoms with Gasteiger partial charge in [0.15, 0.2) is 0 Å². The Morgan fingerprint density at radius 1 is 1.02 bits per heavy atom. The van der Waals surface area contributed by atoms with Crippen molar-refractivity contribution < 1.29 is 44.7 Å². The van der Waals surface area contributed by atoms with Crippen LogP contribution in [-0.4, -0.2) is 90.7 Å². The fraction of sp³-hybridized carbons (Fsp3) is 0.525. The molecule has 2 aromatic carbocycles. The van der Waals surface area contributed by atoms with Crippen molar-refractivity contribution in [1.29, 1.82) is 0 Å². The summed E-state index contributed by atoms with van der Waals surface area (Å²) in [6, 6.07) is 11.0. The molecule has 302 valence electrons. The SMILES string of the molecule is C=C(N1CC2(C1)CN(C(=O)c1cnn(Cc3ccc(F)cc3)c1)C[C@H]2COCc1cccc(C2CCC(F)(F)CC2)c1C(=O)NS(C)(=O)=O)C1(C(C)(F)F)CC1. The van der Waals surface area contributed by atoms with Gasteiger partial charge in [-0.1, -0.05) is 36.9 Å². The molecule has 4 aliphatic rings. The second kappa shape index (κ2) is 14.6. The predicted molar refractivity (Wildman–Crippen MR) is 197 cm³/mol. The van der Waals surface area contributed by atoms with Crippen LogP contribution in [0, 0.1) is 22.6 Å². The van der Waals surface area contributed by atoms with Gasteiger partial charge >= 0.3 is 0 Å². The van der Waals surface area contributed by atoms with Crippen molar-refractivity contribution in [1.82, 2.24) is 24.3 Å². The van der Waals surface area contributed by atoms with Gasteiger partial charge in [0, 0.05) is 74.7 Å². The Labute approximate surface area is 323 Å². The van der Waals surface area contributed by atoms with E-state index in [0.717, 1.165) is 18.7 Å². The average molecular weight is 804 g/mol. The number of nitrogens with zero attached hydrogens (tertiary/aromatic N) is 4. The summed E-state index contributed by atoms with van der Waals surface area (Å²) in [4.78, 5) is 30.9. The zero-order valence-electron chi connectivity index (χ0n) is 31.4. The molecule has 16 heteroatoms. The number of hydrogen-bond donors (Lipinski definition) is 1. The lowest BCUT2D eigenvalue weighted by atomic mass is 9.70. The highest BCUT2D eigenvalue weighted by molar-refractivity contribution is 7.89. The standard InChI is InChI=1S/C40H46F5N5O5S/c1-26(39(15-16-39)37(2,42)43)49-24-38(25-49)23-48(36(52)30-17-46-50(19-30)18-27-7-9-32(41)10-8-27)20-31(38)22-55-21-29-5-4-6-33(28-11-13-40(44,45)14-12-28)34(29)35(51)47-56(3,53)54/h4-10,17,19,28,31H,1,11-16,18,20-25H2,2-3H3,(H,47,51)/t31-/m0/s1. The Morgan fingerprint density at radius 2 is 1.68 bits per heavy atom. The highest BCUT2D eigenvalue weighted by Gasteiger charge is 2.65.